The first kappa shape index (κ1) is 13.7. The molecule has 0 saturated carbocycles. The molecule has 0 N–H and O–H groups in total. The molecule has 2 nitrogen and oxygen atoms in total. The number of aromatic nitrogens is 2. The highest BCUT2D eigenvalue weighted by molar-refractivity contribution is 9.10. The molecule has 0 atom stereocenters. The minimum Gasteiger partial charge on any atom is -0.290 e. The normalized spacial score (nSPS) is 11.2. The molecule has 0 saturated heterocycles. The van der Waals surface area contributed by atoms with Crippen LogP contribution in [0.25, 0.3) is 27.5 Å². The Bertz CT molecular complexity index is 974. The van der Waals surface area contributed by atoms with Crippen molar-refractivity contribution < 1.29 is 4.39 Å². The molecule has 4 aromatic rings. The predicted molar refractivity (Wildman–Crippen MR) is 91.6 cm³/mol. The van der Waals surface area contributed by atoms with Gasteiger partial charge >= 0.3 is 0 Å². The third-order valence-corrected chi connectivity index (χ3v) is 4.83. The molecule has 0 radical (unpaired) electrons. The van der Waals surface area contributed by atoms with Gasteiger partial charge in [-0.25, -0.2) is 9.37 Å². The van der Waals surface area contributed by atoms with Crippen LogP contribution in [0, 0.1) is 5.82 Å². The molecule has 0 aliphatic rings. The second-order valence-corrected chi connectivity index (χ2v) is 6.66. The van der Waals surface area contributed by atoms with Gasteiger partial charge in [0.1, 0.15) is 22.2 Å². The maximum Gasteiger partial charge on any atom is 0.145 e. The lowest BCUT2D eigenvalue weighted by Crippen LogP contribution is -1.86. The Hall–Kier alpha value is -1.98. The number of fused-ring (bicyclic) bond motifs is 1. The number of rotatable bonds is 2. The number of thiazole rings is 1. The smallest absolute Gasteiger partial charge is 0.145 e. The maximum atomic E-state index is 14.1. The summed E-state index contributed by atoms with van der Waals surface area (Å²) < 4.78 is 17.1. The highest BCUT2D eigenvalue weighted by Crippen LogP contribution is 2.34. The Labute approximate surface area is 139 Å². The Morgan fingerprint density at radius 1 is 1.09 bits per heavy atom. The lowest BCUT2D eigenvalue weighted by molar-refractivity contribution is 0.631. The number of hydrogen-bond donors (Lipinski definition) is 0. The zero-order valence-corrected chi connectivity index (χ0v) is 13.7. The molecule has 0 aliphatic carbocycles. The van der Waals surface area contributed by atoms with Crippen molar-refractivity contribution in [2.75, 3.05) is 0 Å². The minimum absolute atomic E-state index is 0.253. The van der Waals surface area contributed by atoms with Gasteiger partial charge in [-0.05, 0) is 24.3 Å². The Kier molecular flexibility index (Phi) is 3.32. The van der Waals surface area contributed by atoms with Gasteiger partial charge in [-0.3, -0.25) is 4.40 Å². The molecule has 2 aromatic heterocycles. The Morgan fingerprint density at radius 3 is 2.77 bits per heavy atom. The molecule has 4 rings (SSSR count). The molecular formula is C17H10BrFN2S. The van der Waals surface area contributed by atoms with Crippen molar-refractivity contribution in [2.45, 2.75) is 0 Å². The first-order valence-electron chi connectivity index (χ1n) is 6.70. The summed E-state index contributed by atoms with van der Waals surface area (Å²) in [6.45, 7) is 0. The Morgan fingerprint density at radius 2 is 1.95 bits per heavy atom. The first-order chi connectivity index (χ1) is 10.7. The van der Waals surface area contributed by atoms with Crippen LogP contribution in [-0.4, -0.2) is 9.38 Å². The molecule has 0 unspecified atom stereocenters. The van der Waals surface area contributed by atoms with Crippen LogP contribution >= 0.6 is 27.3 Å². The van der Waals surface area contributed by atoms with Crippen LogP contribution in [0.3, 0.4) is 0 Å². The van der Waals surface area contributed by atoms with Crippen molar-refractivity contribution in [3.05, 3.63) is 70.4 Å². The van der Waals surface area contributed by atoms with Gasteiger partial charge in [-0.1, -0.05) is 40.2 Å². The van der Waals surface area contributed by atoms with Gasteiger partial charge < -0.3 is 0 Å². The summed E-state index contributed by atoms with van der Waals surface area (Å²) in [6.07, 6.45) is 1.97. The van der Waals surface area contributed by atoms with E-state index in [1.54, 1.807) is 23.5 Å². The van der Waals surface area contributed by atoms with Crippen LogP contribution in [0.4, 0.5) is 4.39 Å². The molecule has 0 fully saturated rings. The SMILES string of the molecule is Fc1ccccc1-c1nc(-c2cccc(Br)c2)n2ccsc12. The highest BCUT2D eigenvalue weighted by atomic mass is 79.9. The summed E-state index contributed by atoms with van der Waals surface area (Å²) in [4.78, 5) is 5.65. The van der Waals surface area contributed by atoms with Crippen LogP contribution in [0.1, 0.15) is 0 Å². The Balaban J connectivity index is 2.00. The average Bonchev–Trinajstić information content (AvgIpc) is 3.10. The number of imidazole rings is 1. The lowest BCUT2D eigenvalue weighted by Gasteiger charge is -1.99. The second-order valence-electron chi connectivity index (χ2n) is 4.85. The number of nitrogens with zero attached hydrogens (tertiary/aromatic N) is 2. The quantitative estimate of drug-likeness (QED) is 0.445. The predicted octanol–water partition coefficient (Wildman–Crippen LogP) is 5.63. The molecule has 0 aliphatic heterocycles. The topological polar surface area (TPSA) is 17.3 Å². The summed E-state index contributed by atoms with van der Waals surface area (Å²) in [7, 11) is 0. The average molecular weight is 373 g/mol. The lowest BCUT2D eigenvalue weighted by atomic mass is 10.1. The number of hydrogen-bond acceptors (Lipinski definition) is 2. The standard InChI is InChI=1S/C17H10BrFN2S/c18-12-5-3-4-11(10-12)16-20-15(17-21(16)8-9-22-17)13-6-1-2-7-14(13)19/h1-10H. The monoisotopic (exact) mass is 372 g/mol. The van der Waals surface area contributed by atoms with E-state index in [-0.39, 0.29) is 5.82 Å². The van der Waals surface area contributed by atoms with Crippen LogP contribution < -0.4 is 0 Å². The molecule has 0 amide bonds. The summed E-state index contributed by atoms with van der Waals surface area (Å²) in [5.74, 6) is 0.562. The van der Waals surface area contributed by atoms with E-state index >= 15 is 0 Å². The van der Waals surface area contributed by atoms with E-state index in [1.165, 1.54) is 6.07 Å². The molecular weight excluding hydrogens is 363 g/mol. The zero-order chi connectivity index (χ0) is 15.1. The molecule has 2 heterocycles. The van der Waals surface area contributed by atoms with Gasteiger partial charge in [0.2, 0.25) is 0 Å². The minimum atomic E-state index is -0.253. The van der Waals surface area contributed by atoms with Crippen LogP contribution in [0.5, 0.6) is 0 Å². The highest BCUT2D eigenvalue weighted by Gasteiger charge is 2.17. The summed E-state index contributed by atoms with van der Waals surface area (Å²) >= 11 is 5.04. The van der Waals surface area contributed by atoms with Gasteiger partial charge in [0.25, 0.3) is 0 Å². The van der Waals surface area contributed by atoms with Crippen molar-refractivity contribution in [1.82, 2.24) is 9.38 Å². The van der Waals surface area contributed by atoms with Crippen LogP contribution in [0.2, 0.25) is 0 Å². The fourth-order valence-electron chi connectivity index (χ4n) is 2.48. The van der Waals surface area contributed by atoms with E-state index in [2.05, 4.69) is 15.9 Å². The third kappa shape index (κ3) is 2.17. The third-order valence-electron chi connectivity index (χ3n) is 3.47. The molecule has 108 valence electrons. The summed E-state index contributed by atoms with van der Waals surface area (Å²) in [6, 6.07) is 14.7. The van der Waals surface area contributed by atoms with E-state index in [1.807, 2.05) is 46.3 Å². The van der Waals surface area contributed by atoms with Gasteiger partial charge in [-0.2, -0.15) is 0 Å². The first-order valence-corrected chi connectivity index (χ1v) is 8.38. The van der Waals surface area contributed by atoms with Crippen molar-refractivity contribution in [3.8, 4) is 22.6 Å². The van der Waals surface area contributed by atoms with E-state index in [0.717, 1.165) is 20.7 Å². The number of halogens is 2. The molecule has 0 bridgehead atoms. The van der Waals surface area contributed by atoms with E-state index in [4.69, 9.17) is 4.98 Å². The molecule has 2 aromatic carbocycles. The van der Waals surface area contributed by atoms with Gasteiger partial charge in [0, 0.05) is 27.2 Å². The maximum absolute atomic E-state index is 14.1. The largest absolute Gasteiger partial charge is 0.290 e. The van der Waals surface area contributed by atoms with Crippen molar-refractivity contribution in [1.29, 1.82) is 0 Å². The van der Waals surface area contributed by atoms with E-state index < -0.39 is 0 Å². The van der Waals surface area contributed by atoms with E-state index in [0.29, 0.717) is 11.3 Å². The van der Waals surface area contributed by atoms with Crippen molar-refractivity contribution in [3.63, 3.8) is 0 Å². The molecule has 0 spiro atoms. The van der Waals surface area contributed by atoms with Crippen LogP contribution in [-0.2, 0) is 0 Å². The van der Waals surface area contributed by atoms with Crippen molar-refractivity contribution >= 4 is 32.1 Å². The number of benzene rings is 2. The molecule has 5 heteroatoms. The van der Waals surface area contributed by atoms with Gasteiger partial charge in [0.15, 0.2) is 0 Å². The fourth-order valence-corrected chi connectivity index (χ4v) is 3.72. The van der Waals surface area contributed by atoms with Crippen molar-refractivity contribution in [2.24, 2.45) is 0 Å². The van der Waals surface area contributed by atoms with Crippen LogP contribution in [0.15, 0.2) is 64.6 Å². The summed E-state index contributed by atoms with van der Waals surface area (Å²) in [5, 5.41) is 1.99. The van der Waals surface area contributed by atoms with E-state index in [9.17, 15) is 4.39 Å². The molecule has 22 heavy (non-hydrogen) atoms. The summed E-state index contributed by atoms with van der Waals surface area (Å²) in [5.41, 5.74) is 2.21. The fraction of sp³-hybridized carbons (Fsp3) is 0. The zero-order valence-electron chi connectivity index (χ0n) is 11.3. The van der Waals surface area contributed by atoms with Gasteiger partial charge in [0.05, 0.1) is 0 Å². The van der Waals surface area contributed by atoms with Gasteiger partial charge in [-0.15, -0.1) is 11.3 Å². The second kappa shape index (κ2) is 5.34.